The molecule has 0 radical (unpaired) electrons. The summed E-state index contributed by atoms with van der Waals surface area (Å²) in [7, 11) is 0. The van der Waals surface area contributed by atoms with Gasteiger partial charge in [0.05, 0.1) is 18.4 Å². The molecule has 0 aliphatic carbocycles. The monoisotopic (exact) mass is 343 g/mol. The van der Waals surface area contributed by atoms with Crippen LogP contribution in [0.2, 0.25) is 0 Å². The van der Waals surface area contributed by atoms with E-state index in [2.05, 4.69) is 43.7 Å². The van der Waals surface area contributed by atoms with Gasteiger partial charge in [0, 0.05) is 44.5 Å². The first-order valence-electron chi connectivity index (χ1n) is 8.78. The van der Waals surface area contributed by atoms with Gasteiger partial charge in [-0.05, 0) is 47.9 Å². The van der Waals surface area contributed by atoms with Gasteiger partial charge in [-0.1, -0.05) is 6.07 Å². The predicted molar refractivity (Wildman–Crippen MR) is 97.1 cm³/mol. The van der Waals surface area contributed by atoms with Crippen molar-refractivity contribution < 1.29 is 4.74 Å². The highest BCUT2D eigenvalue weighted by Gasteiger charge is 2.36. The molecule has 4 rings (SSSR count). The van der Waals surface area contributed by atoms with Crippen LogP contribution in [-0.4, -0.2) is 53.1 Å². The van der Waals surface area contributed by atoms with E-state index in [0.717, 1.165) is 37.4 Å². The molecular weight excluding hydrogens is 318 g/mol. The number of aryl methyl sites for hydroxylation is 1. The molecule has 0 saturated carbocycles. The molecule has 2 saturated heterocycles. The molecule has 2 atom stereocenters. The molecule has 2 aliphatic heterocycles. The van der Waals surface area contributed by atoms with E-state index < -0.39 is 0 Å². The van der Waals surface area contributed by atoms with E-state index in [0.29, 0.717) is 18.8 Å². The van der Waals surface area contributed by atoms with Gasteiger partial charge < -0.3 is 4.74 Å². The molecular formula is C19H25N3OS. The molecule has 2 fully saturated rings. The van der Waals surface area contributed by atoms with Crippen molar-refractivity contribution in [2.75, 3.05) is 26.2 Å². The van der Waals surface area contributed by atoms with Gasteiger partial charge in [0.25, 0.3) is 0 Å². The maximum Gasteiger partial charge on any atom is 0.0892 e. The number of hydrogen-bond donors (Lipinski definition) is 0. The average molecular weight is 343 g/mol. The first-order valence-corrected chi connectivity index (χ1v) is 9.72. The molecule has 128 valence electrons. The van der Waals surface area contributed by atoms with Gasteiger partial charge in [0.2, 0.25) is 0 Å². The Bertz CT molecular complexity index is 660. The molecule has 2 aromatic heterocycles. The summed E-state index contributed by atoms with van der Waals surface area (Å²) < 4.78 is 6.16. The number of fused-ring (bicyclic) bond motifs is 1. The van der Waals surface area contributed by atoms with Crippen molar-refractivity contribution in [3.63, 3.8) is 0 Å². The summed E-state index contributed by atoms with van der Waals surface area (Å²) in [6, 6.07) is 9.03. The van der Waals surface area contributed by atoms with Crippen LogP contribution in [0.1, 0.15) is 23.4 Å². The molecule has 2 aromatic rings. The second-order valence-corrected chi connectivity index (χ2v) is 7.73. The van der Waals surface area contributed by atoms with Crippen LogP contribution < -0.4 is 0 Å². The molecule has 0 spiro atoms. The zero-order valence-electron chi connectivity index (χ0n) is 14.2. The van der Waals surface area contributed by atoms with Gasteiger partial charge in [-0.25, -0.2) is 0 Å². The molecule has 0 N–H and O–H groups in total. The number of thiophene rings is 1. The van der Waals surface area contributed by atoms with Crippen molar-refractivity contribution in [3.8, 4) is 0 Å². The van der Waals surface area contributed by atoms with E-state index in [1.807, 2.05) is 13.0 Å². The first kappa shape index (κ1) is 16.2. The number of piperazine rings is 1. The van der Waals surface area contributed by atoms with Crippen molar-refractivity contribution in [1.29, 1.82) is 0 Å². The van der Waals surface area contributed by atoms with E-state index in [4.69, 9.17) is 4.74 Å². The number of ether oxygens (including phenoxy) is 1. The highest BCUT2D eigenvalue weighted by atomic mass is 32.1. The molecule has 4 heterocycles. The van der Waals surface area contributed by atoms with Gasteiger partial charge in [0.15, 0.2) is 0 Å². The van der Waals surface area contributed by atoms with Crippen molar-refractivity contribution in [3.05, 3.63) is 52.0 Å². The zero-order valence-corrected chi connectivity index (χ0v) is 15.0. The topological polar surface area (TPSA) is 28.6 Å². The van der Waals surface area contributed by atoms with Gasteiger partial charge >= 0.3 is 0 Å². The second-order valence-electron chi connectivity index (χ2n) is 6.95. The SMILES string of the molecule is Cc1cccc(COC2CC3CN(Cc4ccsc4)CCN3C2)n1. The molecule has 0 aromatic carbocycles. The van der Waals surface area contributed by atoms with Crippen molar-refractivity contribution >= 4 is 11.3 Å². The molecule has 2 aliphatic rings. The summed E-state index contributed by atoms with van der Waals surface area (Å²) in [5.41, 5.74) is 3.55. The lowest BCUT2D eigenvalue weighted by molar-refractivity contribution is 0.0439. The lowest BCUT2D eigenvalue weighted by atomic mass is 10.1. The van der Waals surface area contributed by atoms with Crippen LogP contribution in [0.25, 0.3) is 0 Å². The molecule has 0 amide bonds. The van der Waals surface area contributed by atoms with Crippen LogP contribution in [0.15, 0.2) is 35.0 Å². The highest BCUT2D eigenvalue weighted by Crippen LogP contribution is 2.25. The third kappa shape index (κ3) is 3.86. The summed E-state index contributed by atoms with van der Waals surface area (Å²) in [5.74, 6) is 0. The fourth-order valence-corrected chi connectivity index (χ4v) is 4.51. The van der Waals surface area contributed by atoms with Crippen LogP contribution in [0.3, 0.4) is 0 Å². The summed E-state index contributed by atoms with van der Waals surface area (Å²) >= 11 is 1.79. The van der Waals surface area contributed by atoms with Gasteiger partial charge in [-0.3, -0.25) is 14.8 Å². The molecule has 4 nitrogen and oxygen atoms in total. The Morgan fingerprint density at radius 3 is 3.04 bits per heavy atom. The van der Waals surface area contributed by atoms with Crippen molar-refractivity contribution in [2.45, 2.75) is 38.6 Å². The van der Waals surface area contributed by atoms with E-state index >= 15 is 0 Å². The Labute approximate surface area is 148 Å². The Morgan fingerprint density at radius 2 is 2.21 bits per heavy atom. The van der Waals surface area contributed by atoms with Crippen LogP contribution in [0.4, 0.5) is 0 Å². The smallest absolute Gasteiger partial charge is 0.0892 e. The Balaban J connectivity index is 1.28. The highest BCUT2D eigenvalue weighted by molar-refractivity contribution is 7.07. The Hall–Kier alpha value is -1.27. The van der Waals surface area contributed by atoms with Crippen LogP contribution in [-0.2, 0) is 17.9 Å². The minimum Gasteiger partial charge on any atom is -0.371 e. The summed E-state index contributed by atoms with van der Waals surface area (Å²) in [5, 5.41) is 4.44. The fraction of sp³-hybridized carbons (Fsp3) is 0.526. The van der Waals surface area contributed by atoms with Crippen LogP contribution in [0, 0.1) is 6.92 Å². The largest absolute Gasteiger partial charge is 0.371 e. The maximum atomic E-state index is 6.16. The standard InChI is InChI=1S/C19H25N3OS/c1-15-3-2-4-17(20-15)13-23-19-9-18-11-21(6-7-22(18)12-19)10-16-5-8-24-14-16/h2-5,8,14,18-19H,6-7,9-13H2,1H3. The van der Waals surface area contributed by atoms with Crippen molar-refractivity contribution in [1.82, 2.24) is 14.8 Å². The lowest BCUT2D eigenvalue weighted by Gasteiger charge is -2.37. The number of hydrogen-bond acceptors (Lipinski definition) is 5. The minimum absolute atomic E-state index is 0.346. The molecule has 0 bridgehead atoms. The van der Waals surface area contributed by atoms with Gasteiger partial charge in [-0.15, -0.1) is 0 Å². The number of aromatic nitrogens is 1. The molecule has 5 heteroatoms. The zero-order chi connectivity index (χ0) is 16.4. The third-order valence-electron chi connectivity index (χ3n) is 5.06. The number of pyridine rings is 1. The second kappa shape index (κ2) is 7.31. The van der Waals surface area contributed by atoms with E-state index in [1.165, 1.54) is 18.7 Å². The Morgan fingerprint density at radius 1 is 1.25 bits per heavy atom. The third-order valence-corrected chi connectivity index (χ3v) is 5.79. The lowest BCUT2D eigenvalue weighted by Crippen LogP contribution is -2.49. The first-order chi connectivity index (χ1) is 11.8. The average Bonchev–Trinajstić information content (AvgIpc) is 3.22. The van der Waals surface area contributed by atoms with Crippen molar-refractivity contribution in [2.24, 2.45) is 0 Å². The Kier molecular flexibility index (Phi) is 4.94. The number of nitrogens with zero attached hydrogens (tertiary/aromatic N) is 3. The summed E-state index contributed by atoms with van der Waals surface area (Å²) in [4.78, 5) is 9.73. The van der Waals surface area contributed by atoms with E-state index in [9.17, 15) is 0 Å². The van der Waals surface area contributed by atoms with Crippen LogP contribution >= 0.6 is 11.3 Å². The molecule has 24 heavy (non-hydrogen) atoms. The normalized spacial score (nSPS) is 25.0. The summed E-state index contributed by atoms with van der Waals surface area (Å²) in [6.07, 6.45) is 1.49. The molecule has 2 unspecified atom stereocenters. The van der Waals surface area contributed by atoms with Crippen LogP contribution in [0.5, 0.6) is 0 Å². The van der Waals surface area contributed by atoms with Gasteiger partial charge in [0.1, 0.15) is 0 Å². The fourth-order valence-electron chi connectivity index (χ4n) is 3.85. The van der Waals surface area contributed by atoms with E-state index in [-0.39, 0.29) is 0 Å². The predicted octanol–water partition coefficient (Wildman–Crippen LogP) is 2.93. The van der Waals surface area contributed by atoms with Gasteiger partial charge in [-0.2, -0.15) is 11.3 Å². The minimum atomic E-state index is 0.346. The number of rotatable bonds is 5. The quantitative estimate of drug-likeness (QED) is 0.835. The van der Waals surface area contributed by atoms with E-state index in [1.54, 1.807) is 11.3 Å². The maximum absolute atomic E-state index is 6.16. The summed E-state index contributed by atoms with van der Waals surface area (Å²) in [6.45, 7) is 8.32.